The molecule has 0 saturated carbocycles. The summed E-state index contributed by atoms with van der Waals surface area (Å²) in [5.74, 6) is -0.482. The summed E-state index contributed by atoms with van der Waals surface area (Å²) in [6.07, 6.45) is 4.79. The summed E-state index contributed by atoms with van der Waals surface area (Å²) < 4.78 is 0. The number of benzene rings is 2. The maximum atomic E-state index is 13.7. The Labute approximate surface area is 207 Å². The first kappa shape index (κ1) is 24.9. The number of likely N-dealkylation sites (N-methyl/N-ethyl adjacent to an activating group) is 1. The standard InChI is InChI=1S/C28H36N4O3/c1-19(29-2)26(33)30-23-16-10-9-15-22-17-18-24(32(22)28(23)35)27(34)31-25(20-11-5-3-6-12-20)21-13-7-4-8-14-21/h3-8,11-14,19,22-25,29H,9-10,15-18H2,1-2H3,(H,30,33)(H,31,34)/t19-,22?,23-,24-/m0/s1. The van der Waals surface area contributed by atoms with E-state index < -0.39 is 12.1 Å². The van der Waals surface area contributed by atoms with Crippen LogP contribution in [0.5, 0.6) is 0 Å². The quantitative estimate of drug-likeness (QED) is 0.573. The Hall–Kier alpha value is -3.19. The normalized spacial score (nSPS) is 23.2. The molecule has 0 bridgehead atoms. The van der Waals surface area contributed by atoms with Crippen molar-refractivity contribution in [2.75, 3.05) is 7.05 Å². The molecule has 2 aromatic carbocycles. The molecule has 1 unspecified atom stereocenters. The highest BCUT2D eigenvalue weighted by molar-refractivity contribution is 5.94. The van der Waals surface area contributed by atoms with Gasteiger partial charge in [0.25, 0.3) is 0 Å². The van der Waals surface area contributed by atoms with E-state index in [1.54, 1.807) is 18.9 Å². The van der Waals surface area contributed by atoms with E-state index in [0.29, 0.717) is 12.8 Å². The second-order valence-electron chi connectivity index (χ2n) is 9.61. The Morgan fingerprint density at radius 2 is 1.49 bits per heavy atom. The third kappa shape index (κ3) is 5.73. The van der Waals surface area contributed by atoms with Crippen molar-refractivity contribution in [1.82, 2.24) is 20.9 Å². The Kier molecular flexibility index (Phi) is 8.18. The summed E-state index contributed by atoms with van der Waals surface area (Å²) in [6.45, 7) is 1.77. The number of nitrogens with zero attached hydrogens (tertiary/aromatic N) is 1. The Bertz CT molecular complexity index is 974. The third-order valence-corrected chi connectivity index (χ3v) is 7.33. The lowest BCUT2D eigenvalue weighted by atomic mass is 9.98. The van der Waals surface area contributed by atoms with Crippen molar-refractivity contribution in [3.8, 4) is 0 Å². The average molecular weight is 477 g/mol. The van der Waals surface area contributed by atoms with E-state index in [9.17, 15) is 14.4 Å². The summed E-state index contributed by atoms with van der Waals surface area (Å²) >= 11 is 0. The number of carbonyl (C=O) groups excluding carboxylic acids is 3. The molecule has 4 rings (SSSR count). The zero-order chi connectivity index (χ0) is 24.8. The zero-order valence-corrected chi connectivity index (χ0v) is 20.6. The van der Waals surface area contributed by atoms with Crippen molar-refractivity contribution in [3.63, 3.8) is 0 Å². The fourth-order valence-electron chi connectivity index (χ4n) is 5.24. The second kappa shape index (κ2) is 11.5. The van der Waals surface area contributed by atoms with Crippen LogP contribution in [0.1, 0.15) is 62.6 Å². The number of rotatable bonds is 7. The minimum atomic E-state index is -0.603. The number of hydrogen-bond donors (Lipinski definition) is 3. The lowest BCUT2D eigenvalue weighted by molar-refractivity contribution is -0.144. The van der Waals surface area contributed by atoms with Crippen molar-refractivity contribution in [1.29, 1.82) is 0 Å². The molecule has 2 aliphatic rings. The topological polar surface area (TPSA) is 90.5 Å². The minimum absolute atomic E-state index is 0.0339. The van der Waals surface area contributed by atoms with Crippen molar-refractivity contribution in [2.45, 2.75) is 75.7 Å². The van der Waals surface area contributed by atoms with Crippen LogP contribution in [0.2, 0.25) is 0 Å². The van der Waals surface area contributed by atoms with Gasteiger partial charge < -0.3 is 20.9 Å². The number of carbonyl (C=O) groups is 3. The number of hydrogen-bond acceptors (Lipinski definition) is 4. The molecule has 0 aliphatic carbocycles. The maximum absolute atomic E-state index is 13.7. The van der Waals surface area contributed by atoms with Crippen LogP contribution in [-0.2, 0) is 14.4 Å². The monoisotopic (exact) mass is 476 g/mol. The van der Waals surface area contributed by atoms with Gasteiger partial charge in [-0.3, -0.25) is 14.4 Å². The zero-order valence-electron chi connectivity index (χ0n) is 20.6. The van der Waals surface area contributed by atoms with Gasteiger partial charge in [-0.05, 0) is 50.8 Å². The number of amides is 3. The Balaban J connectivity index is 1.55. The molecule has 0 radical (unpaired) electrons. The Morgan fingerprint density at radius 1 is 0.886 bits per heavy atom. The van der Waals surface area contributed by atoms with Gasteiger partial charge >= 0.3 is 0 Å². The highest BCUT2D eigenvalue weighted by Crippen LogP contribution is 2.32. The summed E-state index contributed by atoms with van der Waals surface area (Å²) in [5.41, 5.74) is 1.98. The van der Waals surface area contributed by atoms with Gasteiger partial charge in [-0.1, -0.05) is 73.5 Å². The average Bonchev–Trinajstić information content (AvgIpc) is 3.31. The molecule has 2 heterocycles. The molecule has 7 heteroatoms. The van der Waals surface area contributed by atoms with Gasteiger partial charge in [-0.15, -0.1) is 0 Å². The third-order valence-electron chi connectivity index (χ3n) is 7.33. The van der Waals surface area contributed by atoms with Crippen LogP contribution in [-0.4, -0.2) is 53.8 Å². The van der Waals surface area contributed by atoms with E-state index in [0.717, 1.165) is 36.8 Å². The first-order valence-electron chi connectivity index (χ1n) is 12.7. The van der Waals surface area contributed by atoms with E-state index in [1.807, 2.05) is 60.7 Å². The largest absolute Gasteiger partial charge is 0.343 e. The van der Waals surface area contributed by atoms with E-state index >= 15 is 0 Å². The first-order valence-corrected chi connectivity index (χ1v) is 12.7. The molecule has 186 valence electrons. The smallest absolute Gasteiger partial charge is 0.246 e. The molecule has 2 aromatic rings. The molecule has 3 amide bonds. The molecule has 35 heavy (non-hydrogen) atoms. The van der Waals surface area contributed by atoms with E-state index in [4.69, 9.17) is 0 Å². The Morgan fingerprint density at radius 3 is 2.09 bits per heavy atom. The predicted molar refractivity (Wildman–Crippen MR) is 135 cm³/mol. The lowest BCUT2D eigenvalue weighted by Crippen LogP contribution is -2.58. The molecule has 2 aliphatic heterocycles. The summed E-state index contributed by atoms with van der Waals surface area (Å²) in [4.78, 5) is 41.7. The van der Waals surface area contributed by atoms with Gasteiger partial charge in [-0.2, -0.15) is 0 Å². The predicted octanol–water partition coefficient (Wildman–Crippen LogP) is 2.92. The van der Waals surface area contributed by atoms with Crippen molar-refractivity contribution in [3.05, 3.63) is 71.8 Å². The summed E-state index contributed by atoms with van der Waals surface area (Å²) in [5, 5.41) is 9.08. The highest BCUT2D eigenvalue weighted by Gasteiger charge is 2.44. The van der Waals surface area contributed by atoms with Crippen molar-refractivity contribution < 1.29 is 14.4 Å². The summed E-state index contributed by atoms with van der Waals surface area (Å²) in [6, 6.07) is 18.0. The van der Waals surface area contributed by atoms with Gasteiger partial charge in [0.1, 0.15) is 12.1 Å². The number of fused-ring (bicyclic) bond motifs is 1. The van der Waals surface area contributed by atoms with Gasteiger partial charge in [0.2, 0.25) is 17.7 Å². The minimum Gasteiger partial charge on any atom is -0.343 e. The molecule has 4 atom stereocenters. The van der Waals surface area contributed by atoms with Crippen molar-refractivity contribution in [2.24, 2.45) is 0 Å². The molecule has 7 nitrogen and oxygen atoms in total. The lowest BCUT2D eigenvalue weighted by Gasteiger charge is -2.36. The van der Waals surface area contributed by atoms with Crippen LogP contribution in [0.3, 0.4) is 0 Å². The fourth-order valence-corrected chi connectivity index (χ4v) is 5.24. The molecule has 0 spiro atoms. The van der Waals surface area contributed by atoms with Gasteiger partial charge in [0.15, 0.2) is 0 Å². The van der Waals surface area contributed by atoms with Gasteiger partial charge in [-0.25, -0.2) is 0 Å². The highest BCUT2D eigenvalue weighted by atomic mass is 16.2. The SMILES string of the molecule is CN[C@@H](C)C(=O)N[C@H]1CCCCC2CC[C@@H](C(=O)NC(c3ccccc3)c3ccccc3)N2C1=O. The van der Waals surface area contributed by atoms with Crippen LogP contribution >= 0.6 is 0 Å². The van der Waals surface area contributed by atoms with Crippen molar-refractivity contribution >= 4 is 17.7 Å². The maximum Gasteiger partial charge on any atom is 0.246 e. The molecule has 2 fully saturated rings. The second-order valence-corrected chi connectivity index (χ2v) is 9.61. The van der Waals surface area contributed by atoms with Crippen LogP contribution < -0.4 is 16.0 Å². The van der Waals surface area contributed by atoms with Gasteiger partial charge in [0, 0.05) is 6.04 Å². The molecule has 3 N–H and O–H groups in total. The van der Waals surface area contributed by atoms with Crippen LogP contribution in [0.15, 0.2) is 60.7 Å². The first-order chi connectivity index (χ1) is 17.0. The van der Waals surface area contributed by atoms with Crippen LogP contribution in [0.4, 0.5) is 0 Å². The van der Waals surface area contributed by atoms with Crippen LogP contribution in [0.25, 0.3) is 0 Å². The van der Waals surface area contributed by atoms with Crippen LogP contribution in [0, 0.1) is 0 Å². The molecular weight excluding hydrogens is 440 g/mol. The fraction of sp³-hybridized carbons (Fsp3) is 0.464. The molecular formula is C28H36N4O3. The van der Waals surface area contributed by atoms with E-state index in [2.05, 4.69) is 16.0 Å². The molecule has 0 aromatic heterocycles. The molecule has 2 saturated heterocycles. The summed E-state index contributed by atoms with van der Waals surface area (Å²) in [7, 11) is 1.72. The van der Waals surface area contributed by atoms with Gasteiger partial charge in [0.05, 0.1) is 12.1 Å². The van der Waals surface area contributed by atoms with E-state index in [-0.39, 0.29) is 35.8 Å². The number of nitrogens with one attached hydrogen (secondary N) is 3. The van der Waals surface area contributed by atoms with E-state index in [1.165, 1.54) is 0 Å².